The van der Waals surface area contributed by atoms with Crippen molar-refractivity contribution in [2.24, 2.45) is 0 Å². The van der Waals surface area contributed by atoms with Crippen LogP contribution in [0.3, 0.4) is 0 Å². The Kier molecular flexibility index (Phi) is 8.02. The molecule has 1 aliphatic rings. The summed E-state index contributed by atoms with van der Waals surface area (Å²) < 4.78 is 16.1. The molecule has 1 aromatic rings. The normalized spacial score (nSPS) is 15.9. The number of hydrogen-bond donors (Lipinski definition) is 2. The van der Waals surface area contributed by atoms with Crippen molar-refractivity contribution in [3.63, 3.8) is 0 Å². The SMILES string of the molecule is CCCOc1c(OCC)cc(C2NC(=O)NC(CCC)=C2C(=O)OC)cc1[N+](=O)[O-]. The number of allylic oxidation sites excluding steroid dienone is 1. The molecule has 1 unspecified atom stereocenters. The van der Waals surface area contributed by atoms with Gasteiger partial charge < -0.3 is 24.8 Å². The zero-order valence-electron chi connectivity index (χ0n) is 17.6. The number of carbonyl (C=O) groups is 2. The number of esters is 1. The molecule has 2 amide bonds. The van der Waals surface area contributed by atoms with Crippen LogP contribution in [0.2, 0.25) is 0 Å². The van der Waals surface area contributed by atoms with Crippen LogP contribution < -0.4 is 20.1 Å². The Morgan fingerprint density at radius 2 is 1.93 bits per heavy atom. The number of nitro groups is 1. The van der Waals surface area contributed by atoms with Gasteiger partial charge in [0.15, 0.2) is 5.75 Å². The molecule has 0 saturated carbocycles. The first-order valence-corrected chi connectivity index (χ1v) is 9.84. The van der Waals surface area contributed by atoms with Gasteiger partial charge in [-0.25, -0.2) is 9.59 Å². The van der Waals surface area contributed by atoms with Crippen molar-refractivity contribution in [2.45, 2.75) is 46.1 Å². The molecular weight excluding hydrogens is 394 g/mol. The predicted octanol–water partition coefficient (Wildman–Crippen LogP) is 3.36. The highest BCUT2D eigenvalue weighted by Gasteiger charge is 2.35. The maximum absolute atomic E-state index is 12.5. The van der Waals surface area contributed by atoms with Gasteiger partial charge in [0, 0.05) is 11.8 Å². The van der Waals surface area contributed by atoms with E-state index in [1.807, 2.05) is 13.8 Å². The lowest BCUT2D eigenvalue weighted by molar-refractivity contribution is -0.386. The highest BCUT2D eigenvalue weighted by Crippen LogP contribution is 2.42. The summed E-state index contributed by atoms with van der Waals surface area (Å²) >= 11 is 0. The quantitative estimate of drug-likeness (QED) is 0.337. The van der Waals surface area contributed by atoms with Crippen LogP contribution in [0.15, 0.2) is 23.4 Å². The molecule has 0 bridgehead atoms. The van der Waals surface area contributed by atoms with E-state index in [0.29, 0.717) is 30.5 Å². The topological polar surface area (TPSA) is 129 Å². The Morgan fingerprint density at radius 3 is 2.50 bits per heavy atom. The van der Waals surface area contributed by atoms with E-state index in [2.05, 4.69) is 10.6 Å². The van der Waals surface area contributed by atoms with E-state index in [-0.39, 0.29) is 36.0 Å². The highest BCUT2D eigenvalue weighted by atomic mass is 16.6. The van der Waals surface area contributed by atoms with Gasteiger partial charge in [-0.2, -0.15) is 0 Å². The summed E-state index contributed by atoms with van der Waals surface area (Å²) in [6.45, 7) is 6.06. The van der Waals surface area contributed by atoms with Crippen molar-refractivity contribution in [2.75, 3.05) is 20.3 Å². The molecule has 0 aliphatic carbocycles. The monoisotopic (exact) mass is 421 g/mol. The van der Waals surface area contributed by atoms with Gasteiger partial charge in [-0.3, -0.25) is 10.1 Å². The molecule has 0 saturated heterocycles. The summed E-state index contributed by atoms with van der Waals surface area (Å²) in [5.74, 6) is -0.447. The summed E-state index contributed by atoms with van der Waals surface area (Å²) in [5.41, 5.74) is 0.624. The Hall–Kier alpha value is -3.30. The van der Waals surface area contributed by atoms with E-state index >= 15 is 0 Å². The Morgan fingerprint density at radius 1 is 1.20 bits per heavy atom. The predicted molar refractivity (Wildman–Crippen MR) is 108 cm³/mol. The highest BCUT2D eigenvalue weighted by molar-refractivity contribution is 5.95. The van der Waals surface area contributed by atoms with Gasteiger partial charge in [-0.05, 0) is 31.4 Å². The summed E-state index contributed by atoms with van der Waals surface area (Å²) in [7, 11) is 1.24. The fourth-order valence-corrected chi connectivity index (χ4v) is 3.19. The lowest BCUT2D eigenvalue weighted by Gasteiger charge is -2.29. The number of ether oxygens (including phenoxy) is 3. The summed E-state index contributed by atoms with van der Waals surface area (Å²) in [6, 6.07) is 1.38. The number of amides is 2. The second kappa shape index (κ2) is 10.5. The van der Waals surface area contributed by atoms with Crippen molar-refractivity contribution < 1.29 is 28.7 Å². The Bertz CT molecular complexity index is 851. The molecule has 30 heavy (non-hydrogen) atoms. The second-order valence-electron chi connectivity index (χ2n) is 6.57. The summed E-state index contributed by atoms with van der Waals surface area (Å²) in [6.07, 6.45) is 1.77. The van der Waals surface area contributed by atoms with Crippen LogP contribution in [0.25, 0.3) is 0 Å². The number of nitro benzene ring substituents is 1. The number of nitrogens with one attached hydrogen (secondary N) is 2. The number of methoxy groups -OCH3 is 1. The van der Waals surface area contributed by atoms with Crippen LogP contribution in [0.1, 0.15) is 51.6 Å². The molecule has 0 aromatic heterocycles. The molecule has 0 radical (unpaired) electrons. The number of urea groups is 1. The number of rotatable bonds is 10. The van der Waals surface area contributed by atoms with Crippen molar-refractivity contribution in [3.05, 3.63) is 39.1 Å². The minimum atomic E-state index is -0.939. The van der Waals surface area contributed by atoms with Crippen LogP contribution in [0.4, 0.5) is 10.5 Å². The van der Waals surface area contributed by atoms with Crippen LogP contribution >= 0.6 is 0 Å². The van der Waals surface area contributed by atoms with Crippen molar-refractivity contribution in [3.8, 4) is 11.5 Å². The molecule has 164 valence electrons. The largest absolute Gasteiger partial charge is 0.490 e. The van der Waals surface area contributed by atoms with Crippen molar-refractivity contribution >= 4 is 17.7 Å². The molecule has 1 aliphatic heterocycles. The van der Waals surface area contributed by atoms with Gasteiger partial charge in [0.2, 0.25) is 5.75 Å². The van der Waals surface area contributed by atoms with Crippen LogP contribution in [0.5, 0.6) is 11.5 Å². The number of carbonyl (C=O) groups excluding carboxylic acids is 2. The fourth-order valence-electron chi connectivity index (χ4n) is 3.19. The average molecular weight is 421 g/mol. The maximum Gasteiger partial charge on any atom is 0.337 e. The molecule has 0 spiro atoms. The molecule has 2 N–H and O–H groups in total. The number of hydrogen-bond acceptors (Lipinski definition) is 7. The lowest BCUT2D eigenvalue weighted by atomic mass is 9.93. The molecule has 2 rings (SSSR count). The van der Waals surface area contributed by atoms with E-state index in [1.165, 1.54) is 13.2 Å². The maximum atomic E-state index is 12.5. The third-order valence-corrected chi connectivity index (χ3v) is 4.40. The third kappa shape index (κ3) is 5.00. The van der Waals surface area contributed by atoms with Gasteiger partial charge >= 0.3 is 17.7 Å². The van der Waals surface area contributed by atoms with E-state index in [9.17, 15) is 19.7 Å². The average Bonchev–Trinajstić information content (AvgIpc) is 2.71. The third-order valence-electron chi connectivity index (χ3n) is 4.40. The second-order valence-corrected chi connectivity index (χ2v) is 6.57. The Labute approximate surface area is 174 Å². The zero-order chi connectivity index (χ0) is 22.3. The number of nitrogens with zero attached hydrogens (tertiary/aromatic N) is 1. The first-order valence-electron chi connectivity index (χ1n) is 9.84. The first-order chi connectivity index (χ1) is 14.4. The van der Waals surface area contributed by atoms with E-state index in [1.54, 1.807) is 13.0 Å². The summed E-state index contributed by atoms with van der Waals surface area (Å²) in [5, 5.41) is 17.0. The molecule has 1 atom stereocenters. The lowest BCUT2D eigenvalue weighted by Crippen LogP contribution is -2.45. The molecule has 10 nitrogen and oxygen atoms in total. The van der Waals surface area contributed by atoms with E-state index in [0.717, 1.165) is 0 Å². The van der Waals surface area contributed by atoms with Crippen LogP contribution in [-0.2, 0) is 9.53 Å². The van der Waals surface area contributed by atoms with Crippen molar-refractivity contribution in [1.82, 2.24) is 10.6 Å². The zero-order valence-corrected chi connectivity index (χ0v) is 17.6. The van der Waals surface area contributed by atoms with Gasteiger partial charge in [-0.1, -0.05) is 20.3 Å². The molecule has 0 fully saturated rings. The standard InChI is InChI=1S/C20H27N3O7/c1-5-8-13-16(19(24)28-4)17(22-20(25)21-13)12-10-14(23(26)27)18(30-9-6-2)15(11-12)29-7-3/h10-11,17H,5-9H2,1-4H3,(H2,21,22,25). The van der Waals surface area contributed by atoms with Crippen molar-refractivity contribution in [1.29, 1.82) is 0 Å². The van der Waals surface area contributed by atoms with Gasteiger partial charge in [0.25, 0.3) is 0 Å². The molecule has 10 heteroatoms. The van der Waals surface area contributed by atoms with E-state index in [4.69, 9.17) is 14.2 Å². The van der Waals surface area contributed by atoms with Crippen LogP contribution in [-0.4, -0.2) is 37.2 Å². The first kappa shape index (κ1) is 23.0. The number of benzene rings is 1. The van der Waals surface area contributed by atoms with Crippen LogP contribution in [0, 0.1) is 10.1 Å². The molecular formula is C20H27N3O7. The molecule has 1 heterocycles. The summed E-state index contributed by atoms with van der Waals surface area (Å²) in [4.78, 5) is 35.9. The van der Waals surface area contributed by atoms with Gasteiger partial charge in [-0.15, -0.1) is 0 Å². The minimum Gasteiger partial charge on any atom is -0.490 e. The molecule has 1 aromatic carbocycles. The van der Waals surface area contributed by atoms with Gasteiger partial charge in [0.1, 0.15) is 0 Å². The fraction of sp³-hybridized carbons (Fsp3) is 0.500. The van der Waals surface area contributed by atoms with Gasteiger partial charge in [0.05, 0.1) is 36.9 Å². The minimum absolute atomic E-state index is 0.0186. The Balaban J connectivity index is 2.69. The smallest absolute Gasteiger partial charge is 0.337 e. The van der Waals surface area contributed by atoms with E-state index < -0.39 is 23.0 Å².